The largest absolute Gasteiger partial charge is 0.339 e. The summed E-state index contributed by atoms with van der Waals surface area (Å²) in [6.07, 6.45) is 2.43. The van der Waals surface area contributed by atoms with E-state index < -0.39 is 0 Å². The Hall–Kier alpha value is -2.41. The molecule has 1 aliphatic rings. The summed E-state index contributed by atoms with van der Waals surface area (Å²) in [4.78, 5) is 18.7. The number of nitrogens with one attached hydrogen (secondary N) is 2. The number of likely N-dealkylation sites (N-methyl/N-ethyl adjacent to an activating group) is 1. The molecule has 1 atom stereocenters. The van der Waals surface area contributed by atoms with E-state index in [1.165, 1.54) is 0 Å². The monoisotopic (exact) mass is 343 g/mol. The fourth-order valence-corrected chi connectivity index (χ4v) is 2.95. The summed E-state index contributed by atoms with van der Waals surface area (Å²) in [6, 6.07) is 9.77. The predicted molar refractivity (Wildman–Crippen MR) is 95.5 cm³/mol. The first-order valence-electron chi connectivity index (χ1n) is 8.76. The third kappa shape index (κ3) is 4.57. The molecule has 2 amide bonds. The summed E-state index contributed by atoms with van der Waals surface area (Å²) >= 11 is 0. The molecule has 1 fully saturated rings. The molecule has 1 saturated heterocycles. The number of amides is 2. The zero-order chi connectivity index (χ0) is 17.6. The summed E-state index contributed by atoms with van der Waals surface area (Å²) in [5, 5.41) is 10.2. The highest BCUT2D eigenvalue weighted by Crippen LogP contribution is 2.27. The molecule has 2 N–H and O–H groups in total. The Bertz CT molecular complexity index is 680. The molecule has 1 aromatic carbocycles. The van der Waals surface area contributed by atoms with Crippen molar-refractivity contribution < 1.29 is 9.32 Å². The Balaban J connectivity index is 1.51. The number of hydrogen-bond acceptors (Lipinski definition) is 5. The van der Waals surface area contributed by atoms with E-state index >= 15 is 0 Å². The summed E-state index contributed by atoms with van der Waals surface area (Å²) < 4.78 is 5.43. The first-order valence-corrected chi connectivity index (χ1v) is 8.76. The molecule has 0 spiro atoms. The maximum atomic E-state index is 12.3. The van der Waals surface area contributed by atoms with Gasteiger partial charge in [0.25, 0.3) is 0 Å². The number of benzene rings is 1. The molecule has 1 aliphatic heterocycles. The lowest BCUT2D eigenvalue weighted by Crippen LogP contribution is -2.40. The van der Waals surface area contributed by atoms with Gasteiger partial charge in [0.15, 0.2) is 5.82 Å². The van der Waals surface area contributed by atoms with Crippen molar-refractivity contribution >= 4 is 11.7 Å². The molecule has 0 radical (unpaired) electrons. The SMILES string of the molecule is CNC(C)Cc1noc(C2CCN(C(=O)Nc3ccccc3)CC2)n1. The minimum Gasteiger partial charge on any atom is -0.339 e. The van der Waals surface area contributed by atoms with Crippen LogP contribution in [0.5, 0.6) is 0 Å². The van der Waals surface area contributed by atoms with E-state index in [1.54, 1.807) is 0 Å². The van der Waals surface area contributed by atoms with Crippen molar-refractivity contribution in [3.05, 3.63) is 42.0 Å². The van der Waals surface area contributed by atoms with Crippen molar-refractivity contribution in [1.29, 1.82) is 0 Å². The van der Waals surface area contributed by atoms with Crippen LogP contribution in [-0.4, -0.2) is 47.3 Å². The Morgan fingerprint density at radius 3 is 2.72 bits per heavy atom. The third-order valence-corrected chi connectivity index (χ3v) is 4.62. The second-order valence-electron chi connectivity index (χ2n) is 6.50. The normalized spacial score (nSPS) is 16.6. The highest BCUT2D eigenvalue weighted by Gasteiger charge is 2.27. The van der Waals surface area contributed by atoms with Gasteiger partial charge in [0.05, 0.1) is 0 Å². The number of aromatic nitrogens is 2. The fraction of sp³-hybridized carbons (Fsp3) is 0.500. The number of carbonyl (C=O) groups excluding carboxylic acids is 1. The van der Waals surface area contributed by atoms with Gasteiger partial charge in [-0.25, -0.2) is 4.79 Å². The van der Waals surface area contributed by atoms with E-state index in [4.69, 9.17) is 4.52 Å². The highest BCUT2D eigenvalue weighted by atomic mass is 16.5. The number of piperidine rings is 1. The molecule has 1 unspecified atom stereocenters. The van der Waals surface area contributed by atoms with E-state index in [0.29, 0.717) is 25.0 Å². The number of para-hydroxylation sites is 1. The number of likely N-dealkylation sites (tertiary alicyclic amines) is 1. The van der Waals surface area contributed by atoms with Crippen LogP contribution < -0.4 is 10.6 Å². The number of nitrogens with zero attached hydrogens (tertiary/aromatic N) is 3. The maximum Gasteiger partial charge on any atom is 0.321 e. The molecular formula is C18H25N5O2. The van der Waals surface area contributed by atoms with Crippen molar-refractivity contribution in [2.45, 2.75) is 38.1 Å². The first-order chi connectivity index (χ1) is 12.2. The lowest BCUT2D eigenvalue weighted by Gasteiger charge is -2.30. The van der Waals surface area contributed by atoms with Gasteiger partial charge < -0.3 is 20.1 Å². The number of urea groups is 1. The van der Waals surface area contributed by atoms with Crippen LogP contribution in [-0.2, 0) is 6.42 Å². The lowest BCUT2D eigenvalue weighted by molar-refractivity contribution is 0.187. The van der Waals surface area contributed by atoms with Gasteiger partial charge in [-0.2, -0.15) is 4.98 Å². The van der Waals surface area contributed by atoms with Gasteiger partial charge in [0, 0.05) is 37.2 Å². The Kier molecular flexibility index (Phi) is 5.65. The highest BCUT2D eigenvalue weighted by molar-refractivity contribution is 5.89. The minimum atomic E-state index is -0.0567. The number of carbonyl (C=O) groups is 1. The van der Waals surface area contributed by atoms with Gasteiger partial charge in [-0.1, -0.05) is 23.4 Å². The summed E-state index contributed by atoms with van der Waals surface area (Å²) in [7, 11) is 1.92. The van der Waals surface area contributed by atoms with E-state index in [0.717, 1.165) is 30.8 Å². The maximum absolute atomic E-state index is 12.3. The molecule has 0 aliphatic carbocycles. The van der Waals surface area contributed by atoms with Gasteiger partial charge in [-0.15, -0.1) is 0 Å². The molecule has 2 heterocycles. The van der Waals surface area contributed by atoms with E-state index in [2.05, 4.69) is 27.7 Å². The standard InChI is InChI=1S/C18H25N5O2/c1-13(19-2)12-16-21-17(25-22-16)14-8-10-23(11-9-14)18(24)20-15-6-4-3-5-7-15/h3-7,13-14,19H,8-12H2,1-2H3,(H,20,24). The van der Waals surface area contributed by atoms with Gasteiger partial charge in [-0.3, -0.25) is 0 Å². The zero-order valence-corrected chi connectivity index (χ0v) is 14.7. The molecule has 0 bridgehead atoms. The topological polar surface area (TPSA) is 83.3 Å². The average Bonchev–Trinajstić information content (AvgIpc) is 3.11. The fourth-order valence-electron chi connectivity index (χ4n) is 2.95. The molecule has 2 aromatic rings. The molecule has 7 nitrogen and oxygen atoms in total. The third-order valence-electron chi connectivity index (χ3n) is 4.62. The van der Waals surface area contributed by atoms with E-state index in [-0.39, 0.29) is 11.9 Å². The van der Waals surface area contributed by atoms with Gasteiger partial charge in [0.2, 0.25) is 5.89 Å². The Morgan fingerprint density at radius 2 is 2.04 bits per heavy atom. The molecule has 25 heavy (non-hydrogen) atoms. The van der Waals surface area contributed by atoms with Crippen LogP contribution in [0.1, 0.15) is 37.4 Å². The molecule has 0 saturated carbocycles. The van der Waals surface area contributed by atoms with Gasteiger partial charge in [0.1, 0.15) is 0 Å². The number of anilines is 1. The molecule has 134 valence electrons. The lowest BCUT2D eigenvalue weighted by atomic mass is 9.97. The smallest absolute Gasteiger partial charge is 0.321 e. The van der Waals surface area contributed by atoms with Crippen molar-refractivity contribution in [3.63, 3.8) is 0 Å². The number of rotatable bonds is 5. The van der Waals surface area contributed by atoms with Crippen molar-refractivity contribution in [1.82, 2.24) is 20.4 Å². The molecule has 7 heteroatoms. The predicted octanol–water partition coefficient (Wildman–Crippen LogP) is 2.63. The summed E-state index contributed by atoms with van der Waals surface area (Å²) in [5.74, 6) is 1.66. The van der Waals surface area contributed by atoms with E-state index in [9.17, 15) is 4.79 Å². The van der Waals surface area contributed by atoms with E-state index in [1.807, 2.05) is 42.3 Å². The first kappa shape index (κ1) is 17.4. The van der Waals surface area contributed by atoms with Crippen LogP contribution in [0.2, 0.25) is 0 Å². The van der Waals surface area contributed by atoms with Gasteiger partial charge >= 0.3 is 6.03 Å². The van der Waals surface area contributed by atoms with Crippen LogP contribution in [0, 0.1) is 0 Å². The van der Waals surface area contributed by atoms with Crippen LogP contribution in [0.3, 0.4) is 0 Å². The summed E-state index contributed by atoms with van der Waals surface area (Å²) in [6.45, 7) is 3.46. The zero-order valence-electron chi connectivity index (χ0n) is 14.7. The Labute approximate surface area is 147 Å². The summed E-state index contributed by atoms with van der Waals surface area (Å²) in [5.41, 5.74) is 0.815. The van der Waals surface area contributed by atoms with Crippen molar-refractivity contribution in [3.8, 4) is 0 Å². The Morgan fingerprint density at radius 1 is 1.32 bits per heavy atom. The van der Waals surface area contributed by atoms with Crippen LogP contribution >= 0.6 is 0 Å². The minimum absolute atomic E-state index is 0.0567. The second kappa shape index (κ2) is 8.11. The quantitative estimate of drug-likeness (QED) is 0.872. The molecule has 3 rings (SSSR count). The average molecular weight is 343 g/mol. The van der Waals surface area contributed by atoms with Crippen LogP contribution in [0.4, 0.5) is 10.5 Å². The molecule has 1 aromatic heterocycles. The second-order valence-corrected chi connectivity index (χ2v) is 6.50. The number of hydrogen-bond donors (Lipinski definition) is 2. The van der Waals surface area contributed by atoms with Crippen LogP contribution in [0.15, 0.2) is 34.9 Å². The van der Waals surface area contributed by atoms with Gasteiger partial charge in [-0.05, 0) is 38.9 Å². The van der Waals surface area contributed by atoms with Crippen molar-refractivity contribution in [2.24, 2.45) is 0 Å². The van der Waals surface area contributed by atoms with Crippen molar-refractivity contribution in [2.75, 3.05) is 25.5 Å². The van der Waals surface area contributed by atoms with Crippen LogP contribution in [0.25, 0.3) is 0 Å². The molecular weight excluding hydrogens is 318 g/mol.